The van der Waals surface area contributed by atoms with Gasteiger partial charge in [0.1, 0.15) is 5.75 Å². The number of benzene rings is 1. The van der Waals surface area contributed by atoms with E-state index in [-0.39, 0.29) is 23.1 Å². The molecule has 0 aliphatic heterocycles. The highest BCUT2D eigenvalue weighted by Crippen LogP contribution is 2.45. The number of nitrogens with zero attached hydrogens (tertiary/aromatic N) is 1. The first-order valence-electron chi connectivity index (χ1n) is 7.27. The Morgan fingerprint density at radius 2 is 2.19 bits per heavy atom. The van der Waals surface area contributed by atoms with Crippen LogP contribution in [0.3, 0.4) is 0 Å². The van der Waals surface area contributed by atoms with Gasteiger partial charge in [0.2, 0.25) is 5.91 Å². The summed E-state index contributed by atoms with van der Waals surface area (Å²) in [6, 6.07) is 5.02. The summed E-state index contributed by atoms with van der Waals surface area (Å²) in [6.07, 6.45) is 1.97. The fraction of sp³-hybridized carbons (Fsp3) is 0.562. The smallest absolute Gasteiger partial charge is 0.226 e. The second-order valence-electron chi connectivity index (χ2n) is 6.41. The molecule has 0 bridgehead atoms. The van der Waals surface area contributed by atoms with E-state index in [0.717, 1.165) is 24.9 Å². The first kappa shape index (κ1) is 16.1. The van der Waals surface area contributed by atoms with Crippen molar-refractivity contribution in [1.29, 1.82) is 0 Å². The summed E-state index contributed by atoms with van der Waals surface area (Å²) in [6.45, 7) is 5.37. The summed E-state index contributed by atoms with van der Waals surface area (Å²) in [4.78, 5) is 14.1. The van der Waals surface area contributed by atoms with E-state index in [9.17, 15) is 9.90 Å². The van der Waals surface area contributed by atoms with Gasteiger partial charge in [-0.15, -0.1) is 0 Å². The number of carbonyl (C=O) groups is 1. The largest absolute Gasteiger partial charge is 0.508 e. The molecule has 4 nitrogen and oxygen atoms in total. The standard InChI is InChI=1S/C16H23ClN2O2/c1-11(18-15(21)16(2)6-7-16)9-19(3)10-12-8-13(20)4-5-14(12)17/h4-5,8,11,20H,6-7,9-10H2,1-3H3,(H,18,21). The highest BCUT2D eigenvalue weighted by atomic mass is 35.5. The molecule has 21 heavy (non-hydrogen) atoms. The molecule has 1 fully saturated rings. The van der Waals surface area contributed by atoms with Gasteiger partial charge in [-0.05, 0) is 50.6 Å². The molecule has 0 spiro atoms. The van der Waals surface area contributed by atoms with E-state index >= 15 is 0 Å². The van der Waals surface area contributed by atoms with Crippen LogP contribution in [-0.4, -0.2) is 35.5 Å². The van der Waals surface area contributed by atoms with Gasteiger partial charge in [0.15, 0.2) is 0 Å². The average molecular weight is 311 g/mol. The lowest BCUT2D eigenvalue weighted by atomic mass is 10.1. The maximum absolute atomic E-state index is 12.0. The maximum atomic E-state index is 12.0. The Kier molecular flexibility index (Phi) is 4.79. The van der Waals surface area contributed by atoms with Crippen LogP contribution in [0.5, 0.6) is 5.75 Å². The second-order valence-corrected chi connectivity index (χ2v) is 6.81. The molecular formula is C16H23ClN2O2. The van der Waals surface area contributed by atoms with Crippen molar-refractivity contribution in [3.8, 4) is 5.75 Å². The van der Waals surface area contributed by atoms with E-state index in [1.165, 1.54) is 0 Å². The van der Waals surface area contributed by atoms with E-state index in [0.29, 0.717) is 11.6 Å². The molecule has 1 amide bonds. The number of hydrogen-bond acceptors (Lipinski definition) is 3. The normalized spacial score (nSPS) is 17.6. The van der Waals surface area contributed by atoms with E-state index in [4.69, 9.17) is 11.6 Å². The lowest BCUT2D eigenvalue weighted by Crippen LogP contribution is -2.43. The number of aromatic hydroxyl groups is 1. The third-order valence-electron chi connectivity index (χ3n) is 3.98. The first-order chi connectivity index (χ1) is 9.80. The summed E-state index contributed by atoms with van der Waals surface area (Å²) in [5.74, 6) is 0.365. The molecule has 116 valence electrons. The van der Waals surface area contributed by atoms with Crippen LogP contribution < -0.4 is 5.32 Å². The van der Waals surface area contributed by atoms with E-state index in [1.54, 1.807) is 18.2 Å². The number of hydrogen-bond donors (Lipinski definition) is 2. The summed E-state index contributed by atoms with van der Waals surface area (Å²) in [5, 5.41) is 13.2. The minimum atomic E-state index is -0.138. The van der Waals surface area contributed by atoms with Crippen molar-refractivity contribution in [2.24, 2.45) is 5.41 Å². The predicted octanol–water partition coefficient (Wildman–Crippen LogP) is 2.78. The van der Waals surface area contributed by atoms with Crippen molar-refractivity contribution in [2.75, 3.05) is 13.6 Å². The lowest BCUT2D eigenvalue weighted by Gasteiger charge is -2.24. The Bertz CT molecular complexity index is 529. The second kappa shape index (κ2) is 6.24. The summed E-state index contributed by atoms with van der Waals surface area (Å²) in [7, 11) is 1.97. The van der Waals surface area contributed by atoms with Crippen molar-refractivity contribution >= 4 is 17.5 Å². The molecule has 0 saturated heterocycles. The molecule has 0 radical (unpaired) electrons. The van der Waals surface area contributed by atoms with Crippen LogP contribution in [0.25, 0.3) is 0 Å². The van der Waals surface area contributed by atoms with Gasteiger partial charge in [0.25, 0.3) is 0 Å². The van der Waals surface area contributed by atoms with Crippen LogP contribution in [0.15, 0.2) is 18.2 Å². The monoisotopic (exact) mass is 310 g/mol. The minimum Gasteiger partial charge on any atom is -0.508 e. The third-order valence-corrected chi connectivity index (χ3v) is 4.35. The highest BCUT2D eigenvalue weighted by molar-refractivity contribution is 6.31. The van der Waals surface area contributed by atoms with Crippen LogP contribution in [0.1, 0.15) is 32.3 Å². The molecular weight excluding hydrogens is 288 g/mol. The number of carbonyl (C=O) groups excluding carboxylic acids is 1. The van der Waals surface area contributed by atoms with Crippen molar-refractivity contribution in [3.05, 3.63) is 28.8 Å². The minimum absolute atomic E-state index is 0.0796. The Morgan fingerprint density at radius 1 is 1.52 bits per heavy atom. The molecule has 2 N–H and O–H groups in total. The van der Waals surface area contributed by atoms with Gasteiger partial charge in [0.05, 0.1) is 0 Å². The van der Waals surface area contributed by atoms with Gasteiger partial charge in [-0.1, -0.05) is 18.5 Å². The molecule has 1 aromatic carbocycles. The third kappa shape index (κ3) is 4.35. The molecule has 1 saturated carbocycles. The number of phenols is 1. The fourth-order valence-electron chi connectivity index (χ4n) is 2.36. The molecule has 1 atom stereocenters. The van der Waals surface area contributed by atoms with Gasteiger partial charge in [0, 0.05) is 29.6 Å². The SMILES string of the molecule is CC(CN(C)Cc1cc(O)ccc1Cl)NC(=O)C1(C)CC1. The molecule has 1 aliphatic rings. The topological polar surface area (TPSA) is 52.6 Å². The van der Waals surface area contributed by atoms with Crippen molar-refractivity contribution < 1.29 is 9.90 Å². The van der Waals surface area contributed by atoms with Gasteiger partial charge in [-0.2, -0.15) is 0 Å². The summed E-state index contributed by atoms with van der Waals surface area (Å²) in [5.41, 5.74) is 0.744. The molecule has 1 aromatic rings. The van der Waals surface area contributed by atoms with Crippen LogP contribution in [0.4, 0.5) is 0 Å². The molecule has 1 unspecified atom stereocenters. The Morgan fingerprint density at radius 3 is 2.81 bits per heavy atom. The number of likely N-dealkylation sites (N-methyl/N-ethyl adjacent to an activating group) is 1. The highest BCUT2D eigenvalue weighted by Gasteiger charge is 2.45. The van der Waals surface area contributed by atoms with Crippen molar-refractivity contribution in [2.45, 2.75) is 39.3 Å². The Hall–Kier alpha value is -1.26. The zero-order chi connectivity index (χ0) is 15.6. The van der Waals surface area contributed by atoms with Crippen LogP contribution in [0.2, 0.25) is 5.02 Å². The van der Waals surface area contributed by atoms with E-state index in [2.05, 4.69) is 10.2 Å². The van der Waals surface area contributed by atoms with Crippen LogP contribution in [-0.2, 0) is 11.3 Å². The quantitative estimate of drug-likeness (QED) is 0.849. The zero-order valence-electron chi connectivity index (χ0n) is 12.8. The molecule has 0 aromatic heterocycles. The Labute approximate surface area is 131 Å². The van der Waals surface area contributed by atoms with Gasteiger partial charge in [-0.25, -0.2) is 0 Å². The number of halogens is 1. The Balaban J connectivity index is 1.84. The average Bonchev–Trinajstić information content (AvgIpc) is 3.13. The van der Waals surface area contributed by atoms with Crippen molar-refractivity contribution in [3.63, 3.8) is 0 Å². The number of phenolic OH excluding ortho intramolecular Hbond substituents is 1. The lowest BCUT2D eigenvalue weighted by molar-refractivity contribution is -0.126. The summed E-state index contributed by atoms with van der Waals surface area (Å²) < 4.78 is 0. The number of amides is 1. The van der Waals surface area contributed by atoms with Gasteiger partial charge in [-0.3, -0.25) is 4.79 Å². The van der Waals surface area contributed by atoms with Crippen LogP contribution >= 0.6 is 11.6 Å². The maximum Gasteiger partial charge on any atom is 0.226 e. The van der Waals surface area contributed by atoms with Crippen LogP contribution in [0, 0.1) is 5.41 Å². The van der Waals surface area contributed by atoms with Gasteiger partial charge < -0.3 is 15.3 Å². The molecule has 0 heterocycles. The van der Waals surface area contributed by atoms with E-state index < -0.39 is 0 Å². The van der Waals surface area contributed by atoms with E-state index in [1.807, 2.05) is 20.9 Å². The molecule has 1 aliphatic carbocycles. The summed E-state index contributed by atoms with van der Waals surface area (Å²) >= 11 is 6.12. The number of rotatable bonds is 6. The molecule has 2 rings (SSSR count). The fourth-order valence-corrected chi connectivity index (χ4v) is 2.54. The van der Waals surface area contributed by atoms with Crippen molar-refractivity contribution in [1.82, 2.24) is 10.2 Å². The number of nitrogens with one attached hydrogen (secondary N) is 1. The first-order valence-corrected chi connectivity index (χ1v) is 7.65. The van der Waals surface area contributed by atoms with Gasteiger partial charge >= 0.3 is 0 Å². The molecule has 5 heteroatoms. The predicted molar refractivity (Wildman–Crippen MR) is 84.4 cm³/mol. The zero-order valence-corrected chi connectivity index (χ0v) is 13.6.